The summed E-state index contributed by atoms with van der Waals surface area (Å²) in [5, 5.41) is 7.89. The number of hydrogen-bond acceptors (Lipinski definition) is 5. The third-order valence-corrected chi connectivity index (χ3v) is 5.29. The standard InChI is InChI=1S/C16H15ClN4O3S/c1-9-12-7-11(8-18-15(12)21(2)20-9)19-16(22)10-4-5-13(17)14(6-10)25(3,23)24/h4-8H,1-3H3,(H,19,22). The van der Waals surface area contributed by atoms with Crippen LogP contribution < -0.4 is 5.32 Å². The predicted molar refractivity (Wildman–Crippen MR) is 95.8 cm³/mol. The van der Waals surface area contributed by atoms with Gasteiger partial charge in [0.05, 0.1) is 27.5 Å². The number of pyridine rings is 1. The van der Waals surface area contributed by atoms with Crippen molar-refractivity contribution in [3.8, 4) is 0 Å². The second-order valence-electron chi connectivity index (χ2n) is 5.68. The number of aromatic nitrogens is 3. The quantitative estimate of drug-likeness (QED) is 0.755. The lowest BCUT2D eigenvalue weighted by Crippen LogP contribution is -2.13. The summed E-state index contributed by atoms with van der Waals surface area (Å²) in [5.74, 6) is -0.454. The molecule has 25 heavy (non-hydrogen) atoms. The lowest BCUT2D eigenvalue weighted by Gasteiger charge is -2.08. The maximum Gasteiger partial charge on any atom is 0.255 e. The number of amides is 1. The second kappa shape index (κ2) is 6.12. The molecule has 130 valence electrons. The van der Waals surface area contributed by atoms with Crippen LogP contribution in [0.15, 0.2) is 35.4 Å². The van der Waals surface area contributed by atoms with Crippen LogP contribution in [0, 0.1) is 6.92 Å². The van der Waals surface area contributed by atoms with Crippen molar-refractivity contribution in [2.75, 3.05) is 11.6 Å². The van der Waals surface area contributed by atoms with Crippen LogP contribution in [0.2, 0.25) is 5.02 Å². The molecule has 0 spiro atoms. The third-order valence-electron chi connectivity index (χ3n) is 3.71. The largest absolute Gasteiger partial charge is 0.321 e. The highest BCUT2D eigenvalue weighted by molar-refractivity contribution is 7.90. The van der Waals surface area contributed by atoms with Gasteiger partial charge in [-0.15, -0.1) is 0 Å². The van der Waals surface area contributed by atoms with E-state index in [9.17, 15) is 13.2 Å². The summed E-state index contributed by atoms with van der Waals surface area (Å²) >= 11 is 5.90. The van der Waals surface area contributed by atoms with E-state index in [-0.39, 0.29) is 15.5 Å². The Kier molecular flexibility index (Phi) is 4.26. The van der Waals surface area contributed by atoms with Crippen molar-refractivity contribution in [3.05, 3.63) is 46.7 Å². The van der Waals surface area contributed by atoms with E-state index in [2.05, 4.69) is 15.4 Å². The van der Waals surface area contributed by atoms with Crippen molar-refractivity contribution in [1.82, 2.24) is 14.8 Å². The van der Waals surface area contributed by atoms with Crippen LogP contribution in [-0.2, 0) is 16.9 Å². The normalized spacial score (nSPS) is 11.7. The van der Waals surface area contributed by atoms with Crippen LogP contribution in [0.4, 0.5) is 5.69 Å². The van der Waals surface area contributed by atoms with Gasteiger partial charge in [0.25, 0.3) is 5.91 Å². The van der Waals surface area contributed by atoms with E-state index in [4.69, 9.17) is 11.6 Å². The number of aryl methyl sites for hydroxylation is 2. The fourth-order valence-electron chi connectivity index (χ4n) is 2.51. The molecular formula is C16H15ClN4O3S. The van der Waals surface area contributed by atoms with E-state index in [1.165, 1.54) is 24.4 Å². The van der Waals surface area contributed by atoms with Gasteiger partial charge in [-0.25, -0.2) is 13.4 Å². The van der Waals surface area contributed by atoms with Gasteiger partial charge in [-0.3, -0.25) is 9.48 Å². The summed E-state index contributed by atoms with van der Waals surface area (Å²) in [7, 11) is -1.74. The minimum atomic E-state index is -3.53. The average Bonchev–Trinajstić information content (AvgIpc) is 2.81. The first-order valence-electron chi connectivity index (χ1n) is 7.27. The minimum absolute atomic E-state index is 0.0770. The van der Waals surface area contributed by atoms with Gasteiger partial charge >= 0.3 is 0 Å². The van der Waals surface area contributed by atoms with E-state index in [1.807, 2.05) is 6.92 Å². The van der Waals surface area contributed by atoms with E-state index >= 15 is 0 Å². The summed E-state index contributed by atoms with van der Waals surface area (Å²) in [6, 6.07) is 5.89. The molecule has 2 aromatic heterocycles. The van der Waals surface area contributed by atoms with Crippen LogP contribution in [0.5, 0.6) is 0 Å². The molecule has 0 atom stereocenters. The SMILES string of the molecule is Cc1nn(C)c2ncc(NC(=O)c3ccc(Cl)c(S(C)(=O)=O)c3)cc12. The summed E-state index contributed by atoms with van der Waals surface area (Å²) in [6.07, 6.45) is 2.56. The molecule has 7 nitrogen and oxygen atoms in total. The zero-order valence-corrected chi connectivity index (χ0v) is 15.3. The van der Waals surface area contributed by atoms with Crippen LogP contribution in [0.3, 0.4) is 0 Å². The molecule has 0 saturated heterocycles. The van der Waals surface area contributed by atoms with E-state index in [0.717, 1.165) is 17.3 Å². The molecule has 0 aliphatic carbocycles. The van der Waals surface area contributed by atoms with Crippen molar-refractivity contribution in [1.29, 1.82) is 0 Å². The molecule has 0 aliphatic rings. The van der Waals surface area contributed by atoms with Crippen molar-refractivity contribution < 1.29 is 13.2 Å². The smallest absolute Gasteiger partial charge is 0.255 e. The van der Waals surface area contributed by atoms with Gasteiger partial charge in [0.1, 0.15) is 0 Å². The van der Waals surface area contributed by atoms with Gasteiger partial charge in [0.15, 0.2) is 15.5 Å². The van der Waals surface area contributed by atoms with Gasteiger partial charge in [0, 0.05) is 24.3 Å². The first-order valence-corrected chi connectivity index (χ1v) is 9.54. The summed E-state index contributed by atoms with van der Waals surface area (Å²) in [6.45, 7) is 1.85. The van der Waals surface area contributed by atoms with Gasteiger partial charge in [-0.05, 0) is 31.2 Å². The van der Waals surface area contributed by atoms with E-state index in [1.54, 1.807) is 17.8 Å². The number of carbonyl (C=O) groups excluding carboxylic acids is 1. The molecule has 0 radical (unpaired) electrons. The fraction of sp³-hybridized carbons (Fsp3) is 0.188. The molecule has 9 heteroatoms. The molecule has 0 fully saturated rings. The number of nitrogens with one attached hydrogen (secondary N) is 1. The van der Waals surface area contributed by atoms with Gasteiger partial charge in [0.2, 0.25) is 0 Å². The Balaban J connectivity index is 1.94. The molecule has 3 rings (SSSR count). The Hall–Kier alpha value is -2.45. The van der Waals surface area contributed by atoms with Gasteiger partial charge < -0.3 is 5.32 Å². The molecule has 0 bridgehead atoms. The van der Waals surface area contributed by atoms with Crippen LogP contribution in [0.25, 0.3) is 11.0 Å². The van der Waals surface area contributed by atoms with Crippen LogP contribution >= 0.6 is 11.6 Å². The van der Waals surface area contributed by atoms with Gasteiger partial charge in [-0.1, -0.05) is 11.6 Å². The summed E-state index contributed by atoms with van der Waals surface area (Å²) < 4.78 is 25.1. The molecule has 3 aromatic rings. The maximum atomic E-state index is 12.4. The Morgan fingerprint density at radius 3 is 2.68 bits per heavy atom. The first-order chi connectivity index (χ1) is 11.7. The molecule has 1 amide bonds. The number of halogens is 1. The number of anilines is 1. The number of rotatable bonds is 3. The zero-order valence-electron chi connectivity index (χ0n) is 13.7. The molecule has 0 aliphatic heterocycles. The minimum Gasteiger partial charge on any atom is -0.321 e. The fourth-order valence-corrected chi connectivity index (χ4v) is 3.81. The zero-order chi connectivity index (χ0) is 18.4. The van der Waals surface area contributed by atoms with Crippen LogP contribution in [0.1, 0.15) is 16.1 Å². The maximum absolute atomic E-state index is 12.4. The Morgan fingerprint density at radius 2 is 2.00 bits per heavy atom. The molecule has 0 saturated carbocycles. The highest BCUT2D eigenvalue weighted by Crippen LogP contribution is 2.24. The van der Waals surface area contributed by atoms with Crippen LogP contribution in [-0.4, -0.2) is 35.3 Å². The highest BCUT2D eigenvalue weighted by Gasteiger charge is 2.16. The molecule has 1 N–H and O–H groups in total. The van der Waals surface area contributed by atoms with Crippen molar-refractivity contribution in [3.63, 3.8) is 0 Å². The number of benzene rings is 1. The Bertz CT molecular complexity index is 1110. The number of hydrogen-bond donors (Lipinski definition) is 1. The lowest BCUT2D eigenvalue weighted by molar-refractivity contribution is 0.102. The molecule has 2 heterocycles. The number of nitrogens with zero attached hydrogens (tertiary/aromatic N) is 3. The number of carbonyl (C=O) groups is 1. The van der Waals surface area contributed by atoms with E-state index < -0.39 is 15.7 Å². The number of sulfone groups is 1. The molecule has 0 unspecified atom stereocenters. The third kappa shape index (κ3) is 3.35. The average molecular weight is 379 g/mol. The predicted octanol–water partition coefficient (Wildman–Crippen LogP) is 2.59. The first kappa shape index (κ1) is 17.4. The highest BCUT2D eigenvalue weighted by atomic mass is 35.5. The monoisotopic (exact) mass is 378 g/mol. The topological polar surface area (TPSA) is 93.9 Å². The summed E-state index contributed by atoms with van der Waals surface area (Å²) in [5.41, 5.74) is 2.19. The number of fused-ring (bicyclic) bond motifs is 1. The van der Waals surface area contributed by atoms with E-state index in [0.29, 0.717) is 11.3 Å². The Morgan fingerprint density at radius 1 is 1.28 bits per heavy atom. The van der Waals surface area contributed by atoms with Gasteiger partial charge in [-0.2, -0.15) is 5.10 Å². The summed E-state index contributed by atoms with van der Waals surface area (Å²) in [4.78, 5) is 16.6. The molecular weight excluding hydrogens is 364 g/mol. The lowest BCUT2D eigenvalue weighted by atomic mass is 10.2. The Labute approximate surface area is 149 Å². The van der Waals surface area contributed by atoms with Crippen molar-refractivity contribution in [2.24, 2.45) is 7.05 Å². The van der Waals surface area contributed by atoms with Crippen molar-refractivity contribution >= 4 is 44.1 Å². The second-order valence-corrected chi connectivity index (χ2v) is 8.07. The van der Waals surface area contributed by atoms with Crippen molar-refractivity contribution in [2.45, 2.75) is 11.8 Å². The molecule has 1 aromatic carbocycles.